The predicted molar refractivity (Wildman–Crippen MR) is 56.1 cm³/mol. The van der Waals surface area contributed by atoms with Gasteiger partial charge in [-0.05, 0) is 28.1 Å². The van der Waals surface area contributed by atoms with Crippen LogP contribution in [0.25, 0.3) is 0 Å². The Hall–Kier alpha value is -0.610. The minimum atomic E-state index is -0.372. The molecule has 0 aliphatic carbocycles. The van der Waals surface area contributed by atoms with E-state index in [0.717, 1.165) is 0 Å². The summed E-state index contributed by atoms with van der Waals surface area (Å²) in [5, 5.41) is 0. The van der Waals surface area contributed by atoms with E-state index < -0.39 is 0 Å². The van der Waals surface area contributed by atoms with Crippen molar-refractivity contribution in [2.75, 3.05) is 5.88 Å². The topological polar surface area (TPSA) is 38.4 Å². The second-order valence-corrected chi connectivity index (χ2v) is 3.46. The number of nitrogens with two attached hydrogens (primary N) is 1. The number of rotatable bonds is 2. The van der Waals surface area contributed by atoms with Gasteiger partial charge in [0.2, 0.25) is 0 Å². The zero-order valence-electron chi connectivity index (χ0n) is 6.60. The van der Waals surface area contributed by atoms with Crippen molar-refractivity contribution < 1.29 is 4.39 Å². The fourth-order valence-electron chi connectivity index (χ4n) is 0.750. The molecule has 1 aromatic carbocycles. The summed E-state index contributed by atoms with van der Waals surface area (Å²) in [4.78, 5) is 3.88. The van der Waals surface area contributed by atoms with Crippen LogP contribution in [0.15, 0.2) is 27.7 Å². The van der Waals surface area contributed by atoms with Crippen molar-refractivity contribution in [2.45, 2.75) is 0 Å². The molecule has 0 amide bonds. The van der Waals surface area contributed by atoms with Crippen molar-refractivity contribution in [3.63, 3.8) is 0 Å². The van der Waals surface area contributed by atoms with Crippen LogP contribution in [0, 0.1) is 5.82 Å². The van der Waals surface area contributed by atoms with Crippen molar-refractivity contribution >= 4 is 39.1 Å². The zero-order valence-corrected chi connectivity index (χ0v) is 8.94. The fourth-order valence-corrected chi connectivity index (χ4v) is 1.06. The standard InChI is InChI=1S/C8H7BrClFN2/c9-6-2-1-5(3-7(6)11)13-8(12)4-10/h1-3H,4H2,(H2,12,13). The van der Waals surface area contributed by atoms with E-state index in [0.29, 0.717) is 10.2 Å². The summed E-state index contributed by atoms with van der Waals surface area (Å²) < 4.78 is 13.3. The van der Waals surface area contributed by atoms with Gasteiger partial charge in [-0.2, -0.15) is 0 Å². The molecular weight excluding hydrogens is 258 g/mol. The lowest BCUT2D eigenvalue weighted by Crippen LogP contribution is -2.12. The largest absolute Gasteiger partial charge is 0.386 e. The third kappa shape index (κ3) is 2.97. The van der Waals surface area contributed by atoms with Crippen molar-refractivity contribution in [1.29, 1.82) is 0 Å². The van der Waals surface area contributed by atoms with Crippen LogP contribution < -0.4 is 5.73 Å². The third-order valence-corrected chi connectivity index (χ3v) is 2.23. The summed E-state index contributed by atoms with van der Waals surface area (Å²) in [5.41, 5.74) is 5.83. The van der Waals surface area contributed by atoms with Crippen molar-refractivity contribution in [3.8, 4) is 0 Å². The maximum Gasteiger partial charge on any atom is 0.139 e. The molecule has 0 fully saturated rings. The van der Waals surface area contributed by atoms with Crippen molar-refractivity contribution in [2.24, 2.45) is 10.7 Å². The van der Waals surface area contributed by atoms with Crippen LogP contribution >= 0.6 is 27.5 Å². The number of benzene rings is 1. The SMILES string of the molecule is NC(CCl)=Nc1ccc(Br)c(F)c1. The van der Waals surface area contributed by atoms with Gasteiger partial charge in [-0.25, -0.2) is 9.38 Å². The molecule has 70 valence electrons. The molecule has 0 spiro atoms. The van der Waals surface area contributed by atoms with Gasteiger partial charge >= 0.3 is 0 Å². The smallest absolute Gasteiger partial charge is 0.139 e. The predicted octanol–water partition coefficient (Wildman–Crippen LogP) is 2.82. The van der Waals surface area contributed by atoms with E-state index in [9.17, 15) is 4.39 Å². The quantitative estimate of drug-likeness (QED) is 0.498. The Morgan fingerprint density at radius 1 is 1.62 bits per heavy atom. The molecule has 0 saturated heterocycles. The van der Waals surface area contributed by atoms with E-state index in [2.05, 4.69) is 20.9 Å². The molecule has 2 nitrogen and oxygen atoms in total. The highest BCUT2D eigenvalue weighted by atomic mass is 79.9. The molecule has 0 atom stereocenters. The lowest BCUT2D eigenvalue weighted by Gasteiger charge is -1.97. The summed E-state index contributed by atoms with van der Waals surface area (Å²) in [6.45, 7) is 0. The highest BCUT2D eigenvalue weighted by molar-refractivity contribution is 9.10. The molecule has 1 rings (SSSR count). The lowest BCUT2D eigenvalue weighted by atomic mass is 10.3. The summed E-state index contributed by atoms with van der Waals surface area (Å²) in [7, 11) is 0. The Kier molecular flexibility index (Phi) is 3.69. The van der Waals surface area contributed by atoms with Crippen LogP contribution in [0.3, 0.4) is 0 Å². The lowest BCUT2D eigenvalue weighted by molar-refractivity contribution is 0.621. The molecule has 0 bridgehead atoms. The Bertz CT molecular complexity index is 341. The first-order valence-corrected chi connectivity index (χ1v) is 4.80. The number of alkyl halides is 1. The van der Waals surface area contributed by atoms with E-state index in [1.807, 2.05) is 0 Å². The summed E-state index contributed by atoms with van der Waals surface area (Å²) in [6, 6.07) is 4.49. The Morgan fingerprint density at radius 2 is 2.31 bits per heavy atom. The van der Waals surface area contributed by atoms with Crippen molar-refractivity contribution in [1.82, 2.24) is 0 Å². The second-order valence-electron chi connectivity index (χ2n) is 2.34. The van der Waals surface area contributed by atoms with Gasteiger partial charge < -0.3 is 5.73 Å². The highest BCUT2D eigenvalue weighted by Crippen LogP contribution is 2.21. The summed E-state index contributed by atoms with van der Waals surface area (Å²) >= 11 is 8.45. The average molecular weight is 266 g/mol. The second kappa shape index (κ2) is 4.58. The Labute approximate surface area is 88.7 Å². The number of amidine groups is 1. The molecule has 2 N–H and O–H groups in total. The van der Waals surface area contributed by atoms with Gasteiger partial charge in [0.05, 0.1) is 16.0 Å². The number of nitrogens with zero attached hydrogens (tertiary/aromatic N) is 1. The van der Waals surface area contributed by atoms with E-state index in [4.69, 9.17) is 17.3 Å². The average Bonchev–Trinajstić information content (AvgIpc) is 2.11. The monoisotopic (exact) mass is 264 g/mol. The minimum Gasteiger partial charge on any atom is -0.386 e. The highest BCUT2D eigenvalue weighted by Gasteiger charge is 1.99. The van der Waals surface area contributed by atoms with Crippen LogP contribution in [0.2, 0.25) is 0 Å². The van der Waals surface area contributed by atoms with Gasteiger partial charge in [-0.3, -0.25) is 0 Å². The summed E-state index contributed by atoms with van der Waals surface area (Å²) in [5.74, 6) is 0.0320. The maximum absolute atomic E-state index is 12.9. The van der Waals surface area contributed by atoms with E-state index in [-0.39, 0.29) is 17.5 Å². The van der Waals surface area contributed by atoms with Crippen LogP contribution in [0.1, 0.15) is 0 Å². The number of aliphatic imine (C=N–C) groups is 1. The molecule has 0 aromatic heterocycles. The Balaban J connectivity index is 2.98. The van der Waals surface area contributed by atoms with Gasteiger partial charge in [-0.1, -0.05) is 0 Å². The first-order chi connectivity index (χ1) is 6.13. The molecule has 0 aliphatic rings. The van der Waals surface area contributed by atoms with E-state index >= 15 is 0 Å². The first kappa shape index (κ1) is 10.5. The number of halogens is 3. The number of hydrogen-bond donors (Lipinski definition) is 1. The number of hydrogen-bond acceptors (Lipinski definition) is 1. The third-order valence-electron chi connectivity index (χ3n) is 1.31. The molecule has 1 aromatic rings. The Morgan fingerprint density at radius 3 is 2.85 bits per heavy atom. The van der Waals surface area contributed by atoms with Crippen LogP contribution in [0.5, 0.6) is 0 Å². The first-order valence-electron chi connectivity index (χ1n) is 3.47. The molecule has 13 heavy (non-hydrogen) atoms. The van der Waals surface area contributed by atoms with Gasteiger partial charge in [0.1, 0.15) is 11.7 Å². The van der Waals surface area contributed by atoms with Crippen molar-refractivity contribution in [3.05, 3.63) is 28.5 Å². The molecule has 0 radical (unpaired) electrons. The molecular formula is C8H7BrClFN2. The van der Waals surface area contributed by atoms with Crippen LogP contribution in [-0.4, -0.2) is 11.7 Å². The molecule has 0 heterocycles. The maximum atomic E-state index is 12.9. The van der Waals surface area contributed by atoms with Gasteiger partial charge in [-0.15, -0.1) is 11.6 Å². The van der Waals surface area contributed by atoms with E-state index in [1.165, 1.54) is 6.07 Å². The molecule has 0 unspecified atom stereocenters. The zero-order chi connectivity index (χ0) is 9.84. The van der Waals surface area contributed by atoms with Gasteiger partial charge in [0, 0.05) is 6.07 Å². The summed E-state index contributed by atoms with van der Waals surface area (Å²) in [6.07, 6.45) is 0. The normalized spacial score (nSPS) is 11.8. The fraction of sp³-hybridized carbons (Fsp3) is 0.125. The molecule has 0 aliphatic heterocycles. The molecule has 0 saturated carbocycles. The van der Waals surface area contributed by atoms with Crippen LogP contribution in [-0.2, 0) is 0 Å². The molecule has 5 heteroatoms. The minimum absolute atomic E-state index is 0.137. The van der Waals surface area contributed by atoms with Gasteiger partial charge in [0.15, 0.2) is 0 Å². The van der Waals surface area contributed by atoms with Crippen LogP contribution in [0.4, 0.5) is 10.1 Å². The van der Waals surface area contributed by atoms with Gasteiger partial charge in [0.25, 0.3) is 0 Å². The van der Waals surface area contributed by atoms with E-state index in [1.54, 1.807) is 12.1 Å².